The molecule has 0 aromatic carbocycles. The second-order valence-electron chi connectivity index (χ2n) is 16.3. The van der Waals surface area contributed by atoms with Crippen LogP contribution in [-0.2, 0) is 38.0 Å². The largest absolute Gasteiger partial charge is 0.481 e. The van der Waals surface area contributed by atoms with Crippen molar-refractivity contribution >= 4 is 35.5 Å². The Bertz CT molecular complexity index is 1130. The molecule has 48 heavy (non-hydrogen) atoms. The standard InChI is InChI=1S/C36H62O11.Na/c1-18-16-27(36(40)19(2)17-34(9,47-36)24(7)37)43-31(18)33(8)14-12-25(44-33)26-13-15-35(45-26)23(6)30(42-11)21(4)29(46-35)20(3)28(41-10)22(5)32(38)39;/h18-31,37,40H,12-17H2,1-11H3,(H,38,39);. The third-order valence-corrected chi connectivity index (χ3v) is 13.1. The summed E-state index contributed by atoms with van der Waals surface area (Å²) in [4.78, 5) is 11.9. The van der Waals surface area contributed by atoms with Crippen LogP contribution >= 0.6 is 0 Å². The van der Waals surface area contributed by atoms with Gasteiger partial charge < -0.3 is 48.5 Å². The van der Waals surface area contributed by atoms with Crippen LogP contribution in [0.2, 0.25) is 0 Å². The van der Waals surface area contributed by atoms with Crippen molar-refractivity contribution in [3.8, 4) is 0 Å². The SMILES string of the molecule is COC(C(C)C(=O)O)C(C)C1OC2(CCC(C3CCC(C)(C4OC(C5(O)OC(C)(C(C)O)CC5C)CC4C)O3)O2)C(C)C(OC)C1C.[Na]. The molecule has 5 aliphatic heterocycles. The first-order valence-corrected chi connectivity index (χ1v) is 17.9. The number of methoxy groups -OCH3 is 2. The molecule has 273 valence electrons. The summed E-state index contributed by atoms with van der Waals surface area (Å²) in [7, 11) is 3.28. The first kappa shape index (κ1) is 40.9. The fourth-order valence-corrected chi connectivity index (χ4v) is 10.1. The van der Waals surface area contributed by atoms with E-state index in [1.165, 1.54) is 0 Å². The summed E-state index contributed by atoms with van der Waals surface area (Å²) in [5, 5.41) is 31.9. The molecule has 5 aliphatic rings. The van der Waals surface area contributed by atoms with Gasteiger partial charge in [-0.25, -0.2) is 0 Å². The smallest absolute Gasteiger partial charge is 0.308 e. The van der Waals surface area contributed by atoms with E-state index in [-0.39, 0.29) is 89.7 Å². The Hall–Kier alpha value is 0.110. The molecule has 0 aliphatic carbocycles. The minimum Gasteiger partial charge on any atom is -0.481 e. The van der Waals surface area contributed by atoms with Crippen LogP contribution in [0.4, 0.5) is 0 Å². The zero-order valence-corrected chi connectivity index (χ0v) is 33.4. The average Bonchev–Trinajstić information content (AvgIpc) is 3.77. The van der Waals surface area contributed by atoms with Crippen molar-refractivity contribution in [3.05, 3.63) is 0 Å². The van der Waals surface area contributed by atoms with Crippen LogP contribution in [0.1, 0.15) is 101 Å². The zero-order chi connectivity index (χ0) is 34.9. The van der Waals surface area contributed by atoms with Crippen LogP contribution in [0.25, 0.3) is 0 Å². The summed E-state index contributed by atoms with van der Waals surface area (Å²) < 4.78 is 45.4. The number of aliphatic hydroxyl groups excluding tert-OH is 1. The van der Waals surface area contributed by atoms with E-state index >= 15 is 0 Å². The van der Waals surface area contributed by atoms with Crippen molar-refractivity contribution in [2.75, 3.05) is 14.2 Å². The number of hydrogen-bond acceptors (Lipinski definition) is 10. The van der Waals surface area contributed by atoms with Crippen LogP contribution in [-0.4, -0.2) is 137 Å². The molecule has 0 amide bonds. The van der Waals surface area contributed by atoms with Crippen molar-refractivity contribution in [2.24, 2.45) is 35.5 Å². The molecule has 18 unspecified atom stereocenters. The molecule has 5 rings (SSSR count). The molecule has 0 aromatic heterocycles. The molecule has 5 saturated heterocycles. The molecule has 1 spiro atoms. The Balaban J connectivity index is 0.00000520. The van der Waals surface area contributed by atoms with Gasteiger partial charge >= 0.3 is 5.97 Å². The molecular weight excluding hydrogens is 631 g/mol. The van der Waals surface area contributed by atoms with E-state index in [4.69, 9.17) is 33.2 Å². The topological polar surface area (TPSA) is 142 Å². The van der Waals surface area contributed by atoms with Gasteiger partial charge in [0, 0.05) is 73.9 Å². The maximum atomic E-state index is 11.9. The fraction of sp³-hybridized carbons (Fsp3) is 0.972. The van der Waals surface area contributed by atoms with Gasteiger partial charge in [-0.2, -0.15) is 0 Å². The van der Waals surface area contributed by atoms with Crippen LogP contribution in [0.15, 0.2) is 0 Å². The number of aliphatic carboxylic acids is 1. The monoisotopic (exact) mass is 693 g/mol. The van der Waals surface area contributed by atoms with Crippen molar-refractivity contribution in [2.45, 2.75) is 172 Å². The van der Waals surface area contributed by atoms with Gasteiger partial charge in [-0.05, 0) is 65.7 Å². The van der Waals surface area contributed by atoms with Gasteiger partial charge in [-0.3, -0.25) is 4.79 Å². The predicted octanol–water partition coefficient (Wildman–Crippen LogP) is 4.15. The molecule has 11 nitrogen and oxygen atoms in total. The Labute approximate surface area is 309 Å². The van der Waals surface area contributed by atoms with Crippen molar-refractivity contribution in [1.29, 1.82) is 0 Å². The number of rotatable bonds is 10. The second-order valence-corrected chi connectivity index (χ2v) is 16.3. The maximum absolute atomic E-state index is 11.9. The molecule has 0 saturated carbocycles. The van der Waals surface area contributed by atoms with Crippen molar-refractivity contribution in [1.82, 2.24) is 0 Å². The van der Waals surface area contributed by atoms with Crippen LogP contribution < -0.4 is 0 Å². The average molecular weight is 694 g/mol. The summed E-state index contributed by atoms with van der Waals surface area (Å²) >= 11 is 0. The summed E-state index contributed by atoms with van der Waals surface area (Å²) in [5.41, 5.74) is -1.40. The van der Waals surface area contributed by atoms with E-state index in [1.807, 2.05) is 20.8 Å². The summed E-state index contributed by atoms with van der Waals surface area (Å²) in [6.07, 6.45) is 1.42. The van der Waals surface area contributed by atoms with E-state index in [2.05, 4.69) is 27.7 Å². The van der Waals surface area contributed by atoms with Crippen molar-refractivity contribution < 1.29 is 53.3 Å². The molecule has 0 aromatic rings. The van der Waals surface area contributed by atoms with Crippen LogP contribution in [0.5, 0.6) is 0 Å². The summed E-state index contributed by atoms with van der Waals surface area (Å²) in [6, 6.07) is 0. The van der Waals surface area contributed by atoms with Gasteiger partial charge in [0.15, 0.2) is 11.6 Å². The van der Waals surface area contributed by atoms with E-state index in [1.54, 1.807) is 28.1 Å². The third-order valence-electron chi connectivity index (χ3n) is 13.1. The first-order chi connectivity index (χ1) is 21.9. The second kappa shape index (κ2) is 14.9. The molecule has 5 heterocycles. The molecule has 12 heteroatoms. The van der Waals surface area contributed by atoms with Gasteiger partial charge in [0.05, 0.1) is 59.8 Å². The first-order valence-electron chi connectivity index (χ1n) is 17.9. The Morgan fingerprint density at radius 1 is 0.958 bits per heavy atom. The van der Waals surface area contributed by atoms with Gasteiger partial charge in [-0.15, -0.1) is 0 Å². The van der Waals surface area contributed by atoms with Gasteiger partial charge in [0.1, 0.15) is 6.10 Å². The van der Waals surface area contributed by atoms with Crippen LogP contribution in [0.3, 0.4) is 0 Å². The Morgan fingerprint density at radius 2 is 1.58 bits per heavy atom. The molecular formula is C36H62NaO11. The number of hydrogen-bond donors (Lipinski definition) is 3. The van der Waals surface area contributed by atoms with E-state index in [0.29, 0.717) is 19.3 Å². The maximum Gasteiger partial charge on any atom is 0.308 e. The quantitative estimate of drug-likeness (QED) is 0.284. The molecule has 18 atom stereocenters. The van der Waals surface area contributed by atoms with E-state index in [9.17, 15) is 20.1 Å². The number of carbonyl (C=O) groups is 1. The Morgan fingerprint density at radius 3 is 2.15 bits per heavy atom. The number of aliphatic hydroxyl groups is 2. The third kappa shape index (κ3) is 6.96. The van der Waals surface area contributed by atoms with Gasteiger partial charge in [-0.1, -0.05) is 34.6 Å². The fourth-order valence-electron chi connectivity index (χ4n) is 10.1. The molecule has 0 bridgehead atoms. The number of carboxylic acid groups (broad SMARTS) is 1. The van der Waals surface area contributed by atoms with Crippen molar-refractivity contribution in [3.63, 3.8) is 0 Å². The predicted molar refractivity (Wildman–Crippen MR) is 178 cm³/mol. The van der Waals surface area contributed by atoms with E-state index < -0.39 is 53.0 Å². The molecule has 5 fully saturated rings. The molecule has 3 N–H and O–H groups in total. The zero-order valence-electron chi connectivity index (χ0n) is 31.4. The van der Waals surface area contributed by atoms with E-state index in [0.717, 1.165) is 19.3 Å². The molecule has 1 radical (unpaired) electrons. The summed E-state index contributed by atoms with van der Waals surface area (Å²) in [6.45, 7) is 17.7. The normalized spacial score (nSPS) is 50.3. The Kier molecular flexibility index (Phi) is 12.7. The van der Waals surface area contributed by atoms with Crippen LogP contribution in [0, 0.1) is 35.5 Å². The van der Waals surface area contributed by atoms with Gasteiger partial charge in [0.25, 0.3) is 0 Å². The number of ether oxygens (including phenoxy) is 7. The number of carboxylic acids is 1. The summed E-state index contributed by atoms with van der Waals surface area (Å²) in [5.74, 6) is -4.30. The minimum absolute atomic E-state index is 0. The minimum atomic E-state index is -1.48. The van der Waals surface area contributed by atoms with Gasteiger partial charge in [0.2, 0.25) is 0 Å².